The molecule has 21 heavy (non-hydrogen) atoms. The zero-order valence-electron chi connectivity index (χ0n) is 12.5. The Morgan fingerprint density at radius 3 is 2.57 bits per heavy atom. The maximum Gasteiger partial charge on any atom is 0.251 e. The van der Waals surface area contributed by atoms with E-state index in [0.29, 0.717) is 29.1 Å². The van der Waals surface area contributed by atoms with Gasteiger partial charge in [-0.25, -0.2) is 0 Å². The van der Waals surface area contributed by atoms with E-state index >= 15 is 0 Å². The normalized spacial score (nSPS) is 17.2. The highest BCUT2D eigenvalue weighted by atomic mass is 79.9. The Bertz CT molecular complexity index is 481. The topological polar surface area (TPSA) is 32.3 Å². The van der Waals surface area contributed by atoms with Gasteiger partial charge in [-0.15, -0.1) is 0 Å². The SMILES string of the molecule is CC(C)C(CNC(=O)c1cc(Cl)cc(Br)c1)N1CCCC1. The van der Waals surface area contributed by atoms with E-state index in [9.17, 15) is 4.79 Å². The van der Waals surface area contributed by atoms with Crippen LogP contribution in [0.1, 0.15) is 37.0 Å². The highest BCUT2D eigenvalue weighted by molar-refractivity contribution is 9.10. The van der Waals surface area contributed by atoms with Crippen LogP contribution in [0.25, 0.3) is 0 Å². The van der Waals surface area contributed by atoms with Gasteiger partial charge in [0.2, 0.25) is 0 Å². The van der Waals surface area contributed by atoms with Crippen LogP contribution in [-0.2, 0) is 0 Å². The molecule has 1 saturated heterocycles. The molecule has 0 spiro atoms. The number of carbonyl (C=O) groups is 1. The van der Waals surface area contributed by atoms with Gasteiger partial charge in [0, 0.05) is 27.6 Å². The van der Waals surface area contributed by atoms with Gasteiger partial charge in [-0.2, -0.15) is 0 Å². The second-order valence-corrected chi connectivity index (χ2v) is 7.27. The first-order valence-corrected chi connectivity index (χ1v) is 8.63. The van der Waals surface area contributed by atoms with Crippen molar-refractivity contribution in [2.45, 2.75) is 32.7 Å². The van der Waals surface area contributed by atoms with Crippen molar-refractivity contribution in [3.63, 3.8) is 0 Å². The number of halogens is 2. The number of nitrogens with one attached hydrogen (secondary N) is 1. The molecule has 3 nitrogen and oxygen atoms in total. The Balaban J connectivity index is 1.98. The molecule has 0 bridgehead atoms. The van der Waals surface area contributed by atoms with Gasteiger partial charge in [0.15, 0.2) is 0 Å². The maximum absolute atomic E-state index is 12.3. The van der Waals surface area contributed by atoms with Crippen LogP contribution in [0.2, 0.25) is 5.02 Å². The molecule has 0 radical (unpaired) electrons. The minimum absolute atomic E-state index is 0.0666. The molecule has 0 aromatic heterocycles. The summed E-state index contributed by atoms with van der Waals surface area (Å²) in [6.45, 7) is 7.39. The Labute approximate surface area is 140 Å². The van der Waals surface area contributed by atoms with Gasteiger partial charge in [0.1, 0.15) is 0 Å². The van der Waals surface area contributed by atoms with Crippen molar-refractivity contribution in [1.82, 2.24) is 10.2 Å². The quantitative estimate of drug-likeness (QED) is 0.847. The van der Waals surface area contributed by atoms with Gasteiger partial charge in [0.25, 0.3) is 5.91 Å². The minimum Gasteiger partial charge on any atom is -0.350 e. The predicted octanol–water partition coefficient (Wildman–Crippen LogP) is 3.95. The van der Waals surface area contributed by atoms with E-state index in [0.717, 1.165) is 17.6 Å². The molecule has 1 aromatic carbocycles. The van der Waals surface area contributed by atoms with E-state index in [1.807, 2.05) is 0 Å². The summed E-state index contributed by atoms with van der Waals surface area (Å²) < 4.78 is 0.820. The molecule has 0 saturated carbocycles. The Morgan fingerprint density at radius 1 is 1.33 bits per heavy atom. The summed E-state index contributed by atoms with van der Waals surface area (Å²) in [4.78, 5) is 14.8. The largest absolute Gasteiger partial charge is 0.350 e. The molecule has 1 amide bonds. The summed E-state index contributed by atoms with van der Waals surface area (Å²) >= 11 is 9.36. The van der Waals surface area contributed by atoms with Crippen molar-refractivity contribution in [3.05, 3.63) is 33.3 Å². The summed E-state index contributed by atoms with van der Waals surface area (Å²) in [5.74, 6) is 0.456. The van der Waals surface area contributed by atoms with Gasteiger partial charge in [-0.05, 0) is 50.0 Å². The van der Waals surface area contributed by atoms with Crippen LogP contribution in [0.5, 0.6) is 0 Å². The van der Waals surface area contributed by atoms with E-state index in [4.69, 9.17) is 11.6 Å². The van der Waals surface area contributed by atoms with E-state index in [2.05, 4.69) is 40.0 Å². The third kappa shape index (κ3) is 4.70. The zero-order chi connectivity index (χ0) is 15.4. The Hall–Kier alpha value is -0.580. The van der Waals surface area contributed by atoms with Crippen molar-refractivity contribution in [2.75, 3.05) is 19.6 Å². The van der Waals surface area contributed by atoms with Gasteiger partial charge in [0.05, 0.1) is 0 Å². The lowest BCUT2D eigenvalue weighted by molar-refractivity contribution is 0.0927. The monoisotopic (exact) mass is 372 g/mol. The second-order valence-electron chi connectivity index (χ2n) is 5.92. The molecule has 1 unspecified atom stereocenters. The van der Waals surface area contributed by atoms with Gasteiger partial charge in [-0.3, -0.25) is 9.69 Å². The number of amides is 1. The van der Waals surface area contributed by atoms with E-state index in [1.54, 1.807) is 18.2 Å². The lowest BCUT2D eigenvalue weighted by Gasteiger charge is -2.31. The van der Waals surface area contributed by atoms with Gasteiger partial charge < -0.3 is 5.32 Å². The molecular weight excluding hydrogens is 352 g/mol. The third-order valence-corrected chi connectivity index (χ3v) is 4.65. The zero-order valence-corrected chi connectivity index (χ0v) is 14.9. The molecule has 1 fully saturated rings. The first-order valence-electron chi connectivity index (χ1n) is 7.45. The lowest BCUT2D eigenvalue weighted by Crippen LogP contribution is -2.45. The van der Waals surface area contributed by atoms with Crippen LogP contribution >= 0.6 is 27.5 Å². The second kappa shape index (κ2) is 7.61. The average molecular weight is 374 g/mol. The number of carbonyl (C=O) groups excluding carboxylic acids is 1. The molecule has 0 aliphatic carbocycles. The molecule has 1 heterocycles. The molecule has 1 aliphatic rings. The number of hydrogen-bond acceptors (Lipinski definition) is 2. The van der Waals surface area contributed by atoms with Gasteiger partial charge >= 0.3 is 0 Å². The molecule has 2 rings (SSSR count). The lowest BCUT2D eigenvalue weighted by atomic mass is 10.0. The number of rotatable bonds is 5. The molecule has 1 atom stereocenters. The highest BCUT2D eigenvalue weighted by Crippen LogP contribution is 2.20. The molecular formula is C16H22BrClN2O. The van der Waals surface area contributed by atoms with Crippen molar-refractivity contribution in [3.8, 4) is 0 Å². The van der Waals surface area contributed by atoms with Crippen molar-refractivity contribution >= 4 is 33.4 Å². The standard InChI is InChI=1S/C16H22BrClN2O/c1-11(2)15(20-5-3-4-6-20)10-19-16(21)12-7-13(17)9-14(18)8-12/h7-9,11,15H,3-6,10H2,1-2H3,(H,19,21). The summed E-state index contributed by atoms with van der Waals surface area (Å²) in [5.41, 5.74) is 0.596. The van der Waals surface area contributed by atoms with E-state index in [1.165, 1.54) is 12.8 Å². The minimum atomic E-state index is -0.0666. The fraction of sp³-hybridized carbons (Fsp3) is 0.562. The van der Waals surface area contributed by atoms with Crippen molar-refractivity contribution in [2.24, 2.45) is 5.92 Å². The van der Waals surface area contributed by atoms with Crippen molar-refractivity contribution < 1.29 is 4.79 Å². The molecule has 1 aliphatic heterocycles. The fourth-order valence-electron chi connectivity index (χ4n) is 2.84. The smallest absolute Gasteiger partial charge is 0.251 e. The summed E-state index contributed by atoms with van der Waals surface area (Å²) in [5, 5.41) is 3.62. The third-order valence-electron chi connectivity index (χ3n) is 3.98. The van der Waals surface area contributed by atoms with Crippen LogP contribution < -0.4 is 5.32 Å². The van der Waals surface area contributed by atoms with E-state index in [-0.39, 0.29) is 5.91 Å². The Kier molecular flexibility index (Phi) is 6.08. The van der Waals surface area contributed by atoms with Crippen LogP contribution in [0.3, 0.4) is 0 Å². The number of nitrogens with zero attached hydrogens (tertiary/aromatic N) is 1. The molecule has 5 heteroatoms. The first-order chi connectivity index (χ1) is 9.97. The highest BCUT2D eigenvalue weighted by Gasteiger charge is 2.25. The number of hydrogen-bond donors (Lipinski definition) is 1. The van der Waals surface area contributed by atoms with Crippen LogP contribution in [0.4, 0.5) is 0 Å². The summed E-state index contributed by atoms with van der Waals surface area (Å²) in [6, 6.07) is 5.67. The first kappa shape index (κ1) is 16.8. The predicted molar refractivity (Wildman–Crippen MR) is 90.9 cm³/mol. The van der Waals surface area contributed by atoms with Crippen LogP contribution in [0, 0.1) is 5.92 Å². The Morgan fingerprint density at radius 2 is 2.00 bits per heavy atom. The molecule has 116 valence electrons. The summed E-state index contributed by atoms with van der Waals surface area (Å²) in [6.07, 6.45) is 2.52. The van der Waals surface area contributed by atoms with Crippen LogP contribution in [0.15, 0.2) is 22.7 Å². The summed E-state index contributed by atoms with van der Waals surface area (Å²) in [7, 11) is 0. The molecule has 1 N–H and O–H groups in total. The van der Waals surface area contributed by atoms with E-state index < -0.39 is 0 Å². The number of benzene rings is 1. The van der Waals surface area contributed by atoms with Crippen molar-refractivity contribution in [1.29, 1.82) is 0 Å². The maximum atomic E-state index is 12.3. The number of likely N-dealkylation sites (tertiary alicyclic amines) is 1. The fourth-order valence-corrected chi connectivity index (χ4v) is 3.70. The molecule has 1 aromatic rings. The average Bonchev–Trinajstić information content (AvgIpc) is 2.91. The van der Waals surface area contributed by atoms with Gasteiger partial charge in [-0.1, -0.05) is 41.4 Å². The van der Waals surface area contributed by atoms with Crippen LogP contribution in [-0.4, -0.2) is 36.5 Å².